The van der Waals surface area contributed by atoms with E-state index in [4.69, 9.17) is 0 Å². The molecule has 0 bridgehead atoms. The fraction of sp³-hybridized carbons (Fsp3) is 0.571. The van der Waals surface area contributed by atoms with Crippen LogP contribution in [0.25, 0.3) is 0 Å². The molecule has 1 unspecified atom stereocenters. The maximum atomic E-state index is 13.8. The van der Waals surface area contributed by atoms with Crippen molar-refractivity contribution in [3.8, 4) is 0 Å². The van der Waals surface area contributed by atoms with Gasteiger partial charge in [0.05, 0.1) is 0 Å². The molecular weight excluding hydrogens is 312 g/mol. The van der Waals surface area contributed by atoms with E-state index in [9.17, 15) is 17.2 Å². The fourth-order valence-corrected chi connectivity index (χ4v) is 4.57. The highest BCUT2D eigenvalue weighted by Gasteiger charge is 2.33. The first-order valence-electron chi connectivity index (χ1n) is 7.38. The van der Waals surface area contributed by atoms with Crippen LogP contribution in [0.4, 0.5) is 8.78 Å². The van der Waals surface area contributed by atoms with Gasteiger partial charge in [0.2, 0.25) is 10.0 Å². The minimum absolute atomic E-state index is 0.300. The van der Waals surface area contributed by atoms with Crippen molar-refractivity contribution >= 4 is 10.0 Å². The topological polar surface area (TPSA) is 52.7 Å². The van der Waals surface area contributed by atoms with Crippen molar-refractivity contribution in [3.05, 3.63) is 29.8 Å². The van der Waals surface area contributed by atoms with Crippen LogP contribution < -0.4 is 5.32 Å². The molecule has 122 valence electrons. The molecule has 0 aliphatic carbocycles. The molecule has 5 nitrogen and oxygen atoms in total. The first-order valence-corrected chi connectivity index (χ1v) is 8.82. The van der Waals surface area contributed by atoms with Gasteiger partial charge in [0.15, 0.2) is 0 Å². The molecule has 0 radical (unpaired) electrons. The van der Waals surface area contributed by atoms with E-state index >= 15 is 0 Å². The molecule has 3 rings (SSSR count). The van der Waals surface area contributed by atoms with Gasteiger partial charge in [0.25, 0.3) is 0 Å². The summed E-state index contributed by atoms with van der Waals surface area (Å²) in [5.41, 5.74) is 0. The summed E-state index contributed by atoms with van der Waals surface area (Å²) in [6.07, 6.45) is 1.06. The van der Waals surface area contributed by atoms with Gasteiger partial charge in [-0.05, 0) is 31.2 Å². The molecule has 2 heterocycles. The van der Waals surface area contributed by atoms with E-state index in [-0.39, 0.29) is 0 Å². The third kappa shape index (κ3) is 3.01. The highest BCUT2D eigenvalue weighted by atomic mass is 32.2. The summed E-state index contributed by atoms with van der Waals surface area (Å²) in [5, 5.41) is 3.29. The maximum Gasteiger partial charge on any atom is 0.246 e. The number of nitrogens with zero attached hydrogens (tertiary/aromatic N) is 2. The Hall–Kier alpha value is -1.09. The lowest BCUT2D eigenvalue weighted by atomic mass is 10.2. The number of nitrogens with one attached hydrogen (secondary N) is 1. The molecule has 8 heteroatoms. The van der Waals surface area contributed by atoms with Crippen LogP contribution in [0.15, 0.2) is 23.1 Å². The average Bonchev–Trinajstić information content (AvgIpc) is 3.04. The third-order valence-electron chi connectivity index (χ3n) is 4.34. The average molecular weight is 331 g/mol. The quantitative estimate of drug-likeness (QED) is 0.883. The largest absolute Gasteiger partial charge is 0.315 e. The predicted molar refractivity (Wildman–Crippen MR) is 78.0 cm³/mol. The van der Waals surface area contributed by atoms with Crippen LogP contribution in [0.3, 0.4) is 0 Å². The molecule has 0 amide bonds. The number of hydrogen-bond acceptors (Lipinski definition) is 4. The third-order valence-corrected chi connectivity index (χ3v) is 6.25. The molecule has 2 saturated heterocycles. The highest BCUT2D eigenvalue weighted by Crippen LogP contribution is 2.22. The number of halogens is 2. The first kappa shape index (κ1) is 15.8. The van der Waals surface area contributed by atoms with E-state index in [0.29, 0.717) is 32.2 Å². The molecular formula is C14H19F2N3O2S. The number of rotatable bonds is 3. The molecule has 1 N–H and O–H groups in total. The van der Waals surface area contributed by atoms with Crippen LogP contribution in [0.5, 0.6) is 0 Å². The van der Waals surface area contributed by atoms with Gasteiger partial charge in [-0.1, -0.05) is 0 Å². The molecule has 0 saturated carbocycles. The first-order chi connectivity index (χ1) is 10.5. The number of piperazine rings is 1. The normalized spacial score (nSPS) is 24.7. The maximum absolute atomic E-state index is 13.8. The Morgan fingerprint density at radius 1 is 1.14 bits per heavy atom. The van der Waals surface area contributed by atoms with E-state index in [1.54, 1.807) is 0 Å². The van der Waals surface area contributed by atoms with Crippen LogP contribution >= 0.6 is 0 Å². The zero-order valence-electron chi connectivity index (χ0n) is 12.1. The summed E-state index contributed by atoms with van der Waals surface area (Å²) in [7, 11) is -3.99. The van der Waals surface area contributed by atoms with Crippen molar-refractivity contribution in [2.75, 3.05) is 39.3 Å². The van der Waals surface area contributed by atoms with Gasteiger partial charge in [-0.2, -0.15) is 4.31 Å². The number of benzene rings is 1. The van der Waals surface area contributed by atoms with Crippen LogP contribution in [-0.4, -0.2) is 62.9 Å². The lowest BCUT2D eigenvalue weighted by Gasteiger charge is -2.37. The number of hydrogen-bond donors (Lipinski definition) is 1. The molecule has 2 aliphatic heterocycles. The van der Waals surface area contributed by atoms with Crippen molar-refractivity contribution in [1.29, 1.82) is 0 Å². The summed E-state index contributed by atoms with van der Waals surface area (Å²) in [4.78, 5) is 1.68. The van der Waals surface area contributed by atoms with Crippen LogP contribution in [-0.2, 0) is 10.0 Å². The van der Waals surface area contributed by atoms with Gasteiger partial charge < -0.3 is 5.32 Å². The van der Waals surface area contributed by atoms with E-state index in [1.807, 2.05) is 0 Å². The predicted octanol–water partition coefficient (Wildman–Crippen LogP) is 0.633. The summed E-state index contributed by atoms with van der Waals surface area (Å²) in [5.74, 6) is -1.67. The highest BCUT2D eigenvalue weighted by molar-refractivity contribution is 7.89. The zero-order chi connectivity index (χ0) is 15.7. The van der Waals surface area contributed by atoms with E-state index < -0.39 is 26.6 Å². The van der Waals surface area contributed by atoms with Crippen molar-refractivity contribution in [2.24, 2.45) is 0 Å². The Morgan fingerprint density at radius 3 is 2.50 bits per heavy atom. The monoisotopic (exact) mass is 331 g/mol. The lowest BCUT2D eigenvalue weighted by Crippen LogP contribution is -2.52. The summed E-state index contributed by atoms with van der Waals surface area (Å²) in [6.45, 7) is 3.73. The molecule has 2 fully saturated rings. The van der Waals surface area contributed by atoms with Crippen molar-refractivity contribution < 1.29 is 17.2 Å². The SMILES string of the molecule is O=S(=O)(c1cc(F)ccc1F)N1CCN(C2CCNC2)CC1. The van der Waals surface area contributed by atoms with Gasteiger partial charge in [-0.25, -0.2) is 17.2 Å². The summed E-state index contributed by atoms with van der Waals surface area (Å²) >= 11 is 0. The Bertz CT molecular complexity index is 639. The number of sulfonamides is 1. The minimum Gasteiger partial charge on any atom is -0.315 e. The zero-order valence-corrected chi connectivity index (χ0v) is 13.0. The second-order valence-electron chi connectivity index (χ2n) is 5.66. The molecule has 1 atom stereocenters. The van der Waals surface area contributed by atoms with Gasteiger partial charge in [-0.15, -0.1) is 0 Å². The van der Waals surface area contributed by atoms with Gasteiger partial charge in [0.1, 0.15) is 16.5 Å². The second kappa shape index (κ2) is 6.19. The molecule has 22 heavy (non-hydrogen) atoms. The van der Waals surface area contributed by atoms with Gasteiger partial charge >= 0.3 is 0 Å². The molecule has 1 aromatic rings. The molecule has 0 spiro atoms. The van der Waals surface area contributed by atoms with E-state index in [1.165, 1.54) is 4.31 Å². The Labute approximate surface area is 129 Å². The lowest BCUT2D eigenvalue weighted by molar-refractivity contribution is 0.145. The van der Waals surface area contributed by atoms with Crippen LogP contribution in [0.1, 0.15) is 6.42 Å². The fourth-order valence-electron chi connectivity index (χ4n) is 3.07. The molecule has 2 aliphatic rings. The van der Waals surface area contributed by atoms with Gasteiger partial charge in [-0.3, -0.25) is 4.90 Å². The molecule has 0 aromatic heterocycles. The van der Waals surface area contributed by atoms with Crippen molar-refractivity contribution in [3.63, 3.8) is 0 Å². The Balaban J connectivity index is 1.73. The van der Waals surface area contributed by atoms with Crippen molar-refractivity contribution in [1.82, 2.24) is 14.5 Å². The van der Waals surface area contributed by atoms with Crippen LogP contribution in [0.2, 0.25) is 0 Å². The standard InChI is InChI=1S/C14H19F2N3O2S/c15-11-1-2-13(16)14(9-11)22(20,21)19-7-5-18(6-8-19)12-3-4-17-10-12/h1-2,9,12,17H,3-8,10H2. The summed E-state index contributed by atoms with van der Waals surface area (Å²) in [6, 6.07) is 2.95. The minimum atomic E-state index is -3.99. The van der Waals surface area contributed by atoms with E-state index in [0.717, 1.165) is 37.7 Å². The molecule has 1 aromatic carbocycles. The van der Waals surface area contributed by atoms with Crippen LogP contribution in [0, 0.1) is 11.6 Å². The second-order valence-corrected chi connectivity index (χ2v) is 7.57. The Kier molecular flexibility index (Phi) is 4.44. The smallest absolute Gasteiger partial charge is 0.246 e. The van der Waals surface area contributed by atoms with E-state index in [2.05, 4.69) is 10.2 Å². The van der Waals surface area contributed by atoms with Crippen molar-refractivity contribution in [2.45, 2.75) is 17.4 Å². The summed E-state index contributed by atoms with van der Waals surface area (Å²) < 4.78 is 53.2. The van der Waals surface area contributed by atoms with Gasteiger partial charge in [0, 0.05) is 38.8 Å². The Morgan fingerprint density at radius 2 is 1.86 bits per heavy atom.